The Kier molecular flexibility index (Phi) is 4.24. The van der Waals surface area contributed by atoms with Crippen LogP contribution in [-0.2, 0) is 4.79 Å². The molecule has 0 unspecified atom stereocenters. The number of carbonyl (C=O) groups is 1. The van der Waals surface area contributed by atoms with Crippen molar-refractivity contribution in [2.45, 2.75) is 52.0 Å². The maximum Gasteiger partial charge on any atom is 0.221 e. The van der Waals surface area contributed by atoms with E-state index in [4.69, 9.17) is 0 Å². The molecule has 3 heteroatoms. The summed E-state index contributed by atoms with van der Waals surface area (Å²) in [5.74, 6) is -0.0204. The molecule has 0 spiro atoms. The molecule has 0 aromatic heterocycles. The largest absolute Gasteiger partial charge is 0.382 e. The first-order valence-electron chi connectivity index (χ1n) is 6.80. The van der Waals surface area contributed by atoms with Gasteiger partial charge in [0.05, 0.1) is 0 Å². The molecule has 0 radical (unpaired) electrons. The molecule has 0 aliphatic heterocycles. The molecule has 98 valence electrons. The Balaban J connectivity index is 2.05. The fourth-order valence-corrected chi connectivity index (χ4v) is 2.52. The SMILES string of the molecule is CC(=O)Nc1cc(NC2CCCCC2)ccc1C. The Bertz CT molecular complexity index is 423. The van der Waals surface area contributed by atoms with Crippen molar-refractivity contribution in [2.75, 3.05) is 10.6 Å². The van der Waals surface area contributed by atoms with Gasteiger partial charge in [-0.1, -0.05) is 25.3 Å². The Morgan fingerprint density at radius 2 is 1.94 bits per heavy atom. The summed E-state index contributed by atoms with van der Waals surface area (Å²) in [6.07, 6.45) is 6.51. The molecule has 3 nitrogen and oxygen atoms in total. The van der Waals surface area contributed by atoms with Gasteiger partial charge in [-0.05, 0) is 37.5 Å². The first kappa shape index (κ1) is 12.9. The normalized spacial score (nSPS) is 16.3. The van der Waals surface area contributed by atoms with Crippen LogP contribution in [0.3, 0.4) is 0 Å². The summed E-state index contributed by atoms with van der Waals surface area (Å²) in [5.41, 5.74) is 3.11. The van der Waals surface area contributed by atoms with E-state index in [2.05, 4.69) is 22.8 Å². The van der Waals surface area contributed by atoms with Gasteiger partial charge in [-0.3, -0.25) is 4.79 Å². The van der Waals surface area contributed by atoms with E-state index in [1.807, 2.05) is 13.0 Å². The highest BCUT2D eigenvalue weighted by molar-refractivity contribution is 5.90. The lowest BCUT2D eigenvalue weighted by molar-refractivity contribution is -0.114. The van der Waals surface area contributed by atoms with Crippen LogP contribution in [-0.4, -0.2) is 11.9 Å². The zero-order valence-corrected chi connectivity index (χ0v) is 11.3. The Morgan fingerprint density at radius 3 is 2.61 bits per heavy atom. The number of anilines is 2. The highest BCUT2D eigenvalue weighted by Gasteiger charge is 2.13. The number of hydrogen-bond acceptors (Lipinski definition) is 2. The molecule has 0 saturated heterocycles. The van der Waals surface area contributed by atoms with E-state index in [0.29, 0.717) is 6.04 Å². The quantitative estimate of drug-likeness (QED) is 0.853. The minimum absolute atomic E-state index is 0.0204. The van der Waals surface area contributed by atoms with Gasteiger partial charge in [0.25, 0.3) is 0 Å². The lowest BCUT2D eigenvalue weighted by Crippen LogP contribution is -2.22. The smallest absolute Gasteiger partial charge is 0.221 e. The fraction of sp³-hybridized carbons (Fsp3) is 0.533. The van der Waals surface area contributed by atoms with E-state index >= 15 is 0 Å². The number of rotatable bonds is 3. The van der Waals surface area contributed by atoms with Crippen LogP contribution in [0.4, 0.5) is 11.4 Å². The minimum atomic E-state index is -0.0204. The van der Waals surface area contributed by atoms with E-state index in [0.717, 1.165) is 16.9 Å². The van der Waals surface area contributed by atoms with Gasteiger partial charge in [-0.25, -0.2) is 0 Å². The zero-order valence-electron chi connectivity index (χ0n) is 11.3. The fourth-order valence-electron chi connectivity index (χ4n) is 2.52. The Morgan fingerprint density at radius 1 is 1.22 bits per heavy atom. The molecule has 18 heavy (non-hydrogen) atoms. The van der Waals surface area contributed by atoms with Crippen LogP contribution >= 0.6 is 0 Å². The highest BCUT2D eigenvalue weighted by Crippen LogP contribution is 2.25. The van der Waals surface area contributed by atoms with Crippen molar-refractivity contribution in [1.82, 2.24) is 0 Å². The van der Waals surface area contributed by atoms with Crippen LogP contribution in [0.25, 0.3) is 0 Å². The van der Waals surface area contributed by atoms with Gasteiger partial charge in [0.2, 0.25) is 5.91 Å². The van der Waals surface area contributed by atoms with Crippen LogP contribution in [0.5, 0.6) is 0 Å². The van der Waals surface area contributed by atoms with Gasteiger partial charge in [0.15, 0.2) is 0 Å². The second-order valence-corrected chi connectivity index (χ2v) is 5.19. The predicted molar refractivity (Wildman–Crippen MR) is 76.0 cm³/mol. The van der Waals surface area contributed by atoms with Crippen LogP contribution in [0.2, 0.25) is 0 Å². The second kappa shape index (κ2) is 5.89. The summed E-state index contributed by atoms with van der Waals surface area (Å²) in [7, 11) is 0. The van der Waals surface area contributed by atoms with Crippen molar-refractivity contribution in [3.63, 3.8) is 0 Å². The van der Waals surface area contributed by atoms with Crippen molar-refractivity contribution >= 4 is 17.3 Å². The maximum absolute atomic E-state index is 11.1. The summed E-state index contributed by atoms with van der Waals surface area (Å²) in [4.78, 5) is 11.1. The third-order valence-corrected chi connectivity index (χ3v) is 3.52. The monoisotopic (exact) mass is 246 g/mol. The van der Waals surface area contributed by atoms with Crippen molar-refractivity contribution in [3.8, 4) is 0 Å². The van der Waals surface area contributed by atoms with Gasteiger partial charge >= 0.3 is 0 Å². The van der Waals surface area contributed by atoms with Crippen LogP contribution in [0.1, 0.15) is 44.6 Å². The first-order chi connectivity index (χ1) is 8.65. The number of carbonyl (C=O) groups excluding carboxylic acids is 1. The molecule has 0 bridgehead atoms. The summed E-state index contributed by atoms with van der Waals surface area (Å²) in [6, 6.07) is 6.77. The molecule has 1 saturated carbocycles. The van der Waals surface area contributed by atoms with Crippen LogP contribution in [0, 0.1) is 6.92 Å². The van der Waals surface area contributed by atoms with Crippen molar-refractivity contribution < 1.29 is 4.79 Å². The number of amides is 1. The first-order valence-corrected chi connectivity index (χ1v) is 6.80. The molecule has 0 atom stereocenters. The third kappa shape index (κ3) is 3.49. The maximum atomic E-state index is 11.1. The minimum Gasteiger partial charge on any atom is -0.382 e. The molecule has 2 rings (SSSR count). The lowest BCUT2D eigenvalue weighted by Gasteiger charge is -2.24. The average molecular weight is 246 g/mol. The van der Waals surface area contributed by atoms with Gasteiger partial charge in [0, 0.05) is 24.3 Å². The van der Waals surface area contributed by atoms with Gasteiger partial charge in [-0.2, -0.15) is 0 Å². The van der Waals surface area contributed by atoms with E-state index in [9.17, 15) is 4.79 Å². The molecule has 1 fully saturated rings. The summed E-state index contributed by atoms with van der Waals surface area (Å²) in [6.45, 7) is 3.55. The molecule has 0 heterocycles. The molecular formula is C15H22N2O. The van der Waals surface area contributed by atoms with Gasteiger partial charge < -0.3 is 10.6 Å². The van der Waals surface area contributed by atoms with Crippen LogP contribution < -0.4 is 10.6 Å². The predicted octanol–water partition coefficient (Wildman–Crippen LogP) is 3.70. The van der Waals surface area contributed by atoms with Gasteiger partial charge in [-0.15, -0.1) is 0 Å². The number of nitrogens with one attached hydrogen (secondary N) is 2. The standard InChI is InChI=1S/C15H22N2O/c1-11-8-9-14(10-15(11)16-12(2)18)17-13-6-4-3-5-7-13/h8-10,13,17H,3-7H2,1-2H3,(H,16,18). The Hall–Kier alpha value is -1.51. The molecule has 1 amide bonds. The third-order valence-electron chi connectivity index (χ3n) is 3.52. The van der Waals surface area contributed by atoms with Crippen molar-refractivity contribution in [1.29, 1.82) is 0 Å². The van der Waals surface area contributed by atoms with Crippen LogP contribution in [0.15, 0.2) is 18.2 Å². The summed E-state index contributed by atoms with van der Waals surface area (Å²) < 4.78 is 0. The zero-order chi connectivity index (χ0) is 13.0. The van der Waals surface area contributed by atoms with E-state index in [1.165, 1.54) is 32.1 Å². The molecular weight excluding hydrogens is 224 g/mol. The average Bonchev–Trinajstić information content (AvgIpc) is 2.34. The van der Waals surface area contributed by atoms with Gasteiger partial charge in [0.1, 0.15) is 0 Å². The molecule has 1 aromatic carbocycles. The van der Waals surface area contributed by atoms with E-state index in [1.54, 1.807) is 6.92 Å². The second-order valence-electron chi connectivity index (χ2n) is 5.19. The van der Waals surface area contributed by atoms with E-state index < -0.39 is 0 Å². The van der Waals surface area contributed by atoms with Crippen molar-refractivity contribution in [3.05, 3.63) is 23.8 Å². The number of hydrogen-bond donors (Lipinski definition) is 2. The lowest BCUT2D eigenvalue weighted by atomic mass is 9.95. The van der Waals surface area contributed by atoms with E-state index in [-0.39, 0.29) is 5.91 Å². The molecule has 2 N–H and O–H groups in total. The molecule has 1 aliphatic rings. The summed E-state index contributed by atoms with van der Waals surface area (Å²) in [5, 5.41) is 6.44. The van der Waals surface area contributed by atoms with Crippen molar-refractivity contribution in [2.24, 2.45) is 0 Å². The summed E-state index contributed by atoms with van der Waals surface area (Å²) >= 11 is 0. The molecule has 1 aromatic rings. The number of benzene rings is 1. The topological polar surface area (TPSA) is 41.1 Å². The number of aryl methyl sites for hydroxylation is 1. The molecule has 1 aliphatic carbocycles. The Labute approximate surface area is 109 Å². The highest BCUT2D eigenvalue weighted by atomic mass is 16.1.